The molecule has 0 saturated carbocycles. The Bertz CT molecular complexity index is 784. The second-order valence-corrected chi connectivity index (χ2v) is 4.97. The van der Waals surface area contributed by atoms with Crippen molar-refractivity contribution < 1.29 is 9.53 Å². The molecule has 0 aliphatic carbocycles. The van der Waals surface area contributed by atoms with E-state index in [-0.39, 0.29) is 12.5 Å². The van der Waals surface area contributed by atoms with Crippen LogP contribution in [0, 0.1) is 6.92 Å². The summed E-state index contributed by atoms with van der Waals surface area (Å²) in [6.07, 6.45) is 0. The average Bonchev–Trinajstić information content (AvgIpc) is 3.08. The van der Waals surface area contributed by atoms with Gasteiger partial charge in [0.1, 0.15) is 5.75 Å². The summed E-state index contributed by atoms with van der Waals surface area (Å²) in [7, 11) is 0. The quantitative estimate of drug-likeness (QED) is 0.753. The van der Waals surface area contributed by atoms with Crippen molar-refractivity contribution in [1.82, 2.24) is 20.6 Å². The van der Waals surface area contributed by atoms with Crippen molar-refractivity contribution in [2.24, 2.45) is 0 Å². The fourth-order valence-electron chi connectivity index (χ4n) is 2.04. The first-order chi connectivity index (χ1) is 11.2. The Labute approximate surface area is 132 Å². The number of tetrazole rings is 1. The number of hydrogen-bond acceptors (Lipinski definition) is 5. The van der Waals surface area contributed by atoms with Gasteiger partial charge in [0, 0.05) is 11.3 Å². The maximum atomic E-state index is 11.9. The van der Waals surface area contributed by atoms with Crippen molar-refractivity contribution in [3.05, 3.63) is 54.1 Å². The van der Waals surface area contributed by atoms with E-state index in [1.54, 1.807) is 12.1 Å². The highest BCUT2D eigenvalue weighted by molar-refractivity contribution is 5.92. The van der Waals surface area contributed by atoms with Crippen LogP contribution in [0.4, 0.5) is 5.69 Å². The molecule has 0 radical (unpaired) electrons. The lowest BCUT2D eigenvalue weighted by Crippen LogP contribution is -2.20. The molecule has 1 amide bonds. The molecule has 1 aromatic heterocycles. The van der Waals surface area contributed by atoms with Gasteiger partial charge in [-0.05, 0) is 54.1 Å². The predicted molar refractivity (Wildman–Crippen MR) is 84.9 cm³/mol. The summed E-state index contributed by atoms with van der Waals surface area (Å²) in [6.45, 7) is 1.92. The van der Waals surface area contributed by atoms with E-state index in [1.165, 1.54) is 0 Å². The zero-order valence-corrected chi connectivity index (χ0v) is 12.5. The molecule has 0 bridgehead atoms. The van der Waals surface area contributed by atoms with E-state index in [1.807, 2.05) is 43.3 Å². The molecule has 3 aromatic rings. The smallest absolute Gasteiger partial charge is 0.262 e. The van der Waals surface area contributed by atoms with Crippen LogP contribution in [0.2, 0.25) is 0 Å². The van der Waals surface area contributed by atoms with Gasteiger partial charge in [0.05, 0.1) is 0 Å². The Hall–Kier alpha value is -3.22. The van der Waals surface area contributed by atoms with Crippen molar-refractivity contribution in [1.29, 1.82) is 0 Å². The molecule has 0 fully saturated rings. The Morgan fingerprint density at radius 3 is 2.74 bits per heavy atom. The van der Waals surface area contributed by atoms with E-state index in [0.717, 1.165) is 11.1 Å². The Morgan fingerprint density at radius 1 is 1.22 bits per heavy atom. The number of benzene rings is 2. The van der Waals surface area contributed by atoms with E-state index in [4.69, 9.17) is 4.74 Å². The van der Waals surface area contributed by atoms with E-state index in [0.29, 0.717) is 17.3 Å². The molecular weight excluding hydrogens is 294 g/mol. The minimum Gasteiger partial charge on any atom is -0.484 e. The van der Waals surface area contributed by atoms with Crippen LogP contribution in [0.3, 0.4) is 0 Å². The number of carbonyl (C=O) groups excluding carboxylic acids is 1. The second-order valence-electron chi connectivity index (χ2n) is 4.97. The Balaban J connectivity index is 1.55. The van der Waals surface area contributed by atoms with Crippen LogP contribution in [0.25, 0.3) is 11.4 Å². The van der Waals surface area contributed by atoms with Crippen molar-refractivity contribution in [3.63, 3.8) is 0 Å². The zero-order chi connectivity index (χ0) is 16.1. The lowest BCUT2D eigenvalue weighted by molar-refractivity contribution is -0.118. The number of aromatic nitrogens is 4. The molecule has 0 aliphatic rings. The van der Waals surface area contributed by atoms with Crippen LogP contribution in [0.15, 0.2) is 48.5 Å². The van der Waals surface area contributed by atoms with E-state index in [2.05, 4.69) is 25.9 Å². The number of aromatic amines is 1. The maximum absolute atomic E-state index is 11.9. The summed E-state index contributed by atoms with van der Waals surface area (Å²) in [4.78, 5) is 11.9. The summed E-state index contributed by atoms with van der Waals surface area (Å²) in [5.41, 5.74) is 2.57. The number of carbonyl (C=O) groups is 1. The number of nitrogens with one attached hydrogen (secondary N) is 2. The largest absolute Gasteiger partial charge is 0.484 e. The first-order valence-electron chi connectivity index (χ1n) is 7.04. The van der Waals surface area contributed by atoms with Crippen LogP contribution >= 0.6 is 0 Å². The normalized spacial score (nSPS) is 10.3. The SMILES string of the molecule is Cc1cccc(OCC(=O)Nc2ccc(-c3nn[nH]n3)cc2)c1. The van der Waals surface area contributed by atoms with Gasteiger partial charge in [-0.1, -0.05) is 12.1 Å². The summed E-state index contributed by atoms with van der Waals surface area (Å²) in [5, 5.41) is 16.5. The van der Waals surface area contributed by atoms with Gasteiger partial charge in [0.25, 0.3) is 5.91 Å². The van der Waals surface area contributed by atoms with Crippen LogP contribution in [-0.4, -0.2) is 33.1 Å². The lowest BCUT2D eigenvalue weighted by atomic mass is 10.2. The van der Waals surface area contributed by atoms with Crippen LogP contribution < -0.4 is 10.1 Å². The van der Waals surface area contributed by atoms with Gasteiger partial charge in [0.15, 0.2) is 6.61 Å². The van der Waals surface area contributed by atoms with Gasteiger partial charge in [-0.2, -0.15) is 5.21 Å². The number of aryl methyl sites for hydroxylation is 1. The number of hydrogen-bond donors (Lipinski definition) is 2. The molecule has 3 rings (SSSR count). The minimum absolute atomic E-state index is 0.0456. The van der Waals surface area contributed by atoms with Crippen LogP contribution in [0.5, 0.6) is 5.75 Å². The third-order valence-electron chi connectivity index (χ3n) is 3.13. The van der Waals surface area contributed by atoms with E-state index in [9.17, 15) is 4.79 Å². The topological polar surface area (TPSA) is 92.8 Å². The standard InChI is InChI=1S/C16H15N5O2/c1-11-3-2-4-14(9-11)23-10-15(22)17-13-7-5-12(6-8-13)16-18-20-21-19-16/h2-9H,10H2,1H3,(H,17,22)(H,18,19,20,21). The monoisotopic (exact) mass is 309 g/mol. The third-order valence-corrected chi connectivity index (χ3v) is 3.13. The zero-order valence-electron chi connectivity index (χ0n) is 12.5. The van der Waals surface area contributed by atoms with Crippen molar-refractivity contribution >= 4 is 11.6 Å². The molecule has 7 heteroatoms. The van der Waals surface area contributed by atoms with Crippen molar-refractivity contribution in [2.45, 2.75) is 6.92 Å². The van der Waals surface area contributed by atoms with Gasteiger partial charge in [-0.3, -0.25) is 4.79 Å². The van der Waals surface area contributed by atoms with Crippen LogP contribution in [-0.2, 0) is 4.79 Å². The van der Waals surface area contributed by atoms with Crippen molar-refractivity contribution in [2.75, 3.05) is 11.9 Å². The summed E-state index contributed by atoms with van der Waals surface area (Å²) in [5.74, 6) is 0.956. The highest BCUT2D eigenvalue weighted by Crippen LogP contribution is 2.17. The molecule has 0 atom stereocenters. The molecule has 0 aliphatic heterocycles. The fraction of sp³-hybridized carbons (Fsp3) is 0.125. The average molecular weight is 309 g/mol. The van der Waals surface area contributed by atoms with Gasteiger partial charge in [-0.25, -0.2) is 0 Å². The molecule has 1 heterocycles. The third kappa shape index (κ3) is 3.91. The van der Waals surface area contributed by atoms with Gasteiger partial charge < -0.3 is 10.1 Å². The molecule has 0 spiro atoms. The maximum Gasteiger partial charge on any atom is 0.262 e. The highest BCUT2D eigenvalue weighted by atomic mass is 16.5. The van der Waals surface area contributed by atoms with Crippen LogP contribution in [0.1, 0.15) is 5.56 Å². The summed E-state index contributed by atoms with van der Waals surface area (Å²) >= 11 is 0. The van der Waals surface area contributed by atoms with Gasteiger partial charge >= 0.3 is 0 Å². The first-order valence-corrected chi connectivity index (χ1v) is 7.04. The molecule has 2 aromatic carbocycles. The molecule has 23 heavy (non-hydrogen) atoms. The Kier molecular flexibility index (Phi) is 4.28. The molecule has 0 saturated heterocycles. The second kappa shape index (κ2) is 6.69. The number of ether oxygens (including phenoxy) is 1. The Morgan fingerprint density at radius 2 is 2.04 bits per heavy atom. The van der Waals surface area contributed by atoms with Crippen molar-refractivity contribution in [3.8, 4) is 17.1 Å². The minimum atomic E-state index is -0.223. The lowest BCUT2D eigenvalue weighted by Gasteiger charge is -2.08. The fourth-order valence-corrected chi connectivity index (χ4v) is 2.04. The molecule has 2 N–H and O–H groups in total. The number of rotatable bonds is 5. The number of H-pyrrole nitrogens is 1. The number of anilines is 1. The first kappa shape index (κ1) is 14.7. The molecule has 7 nitrogen and oxygen atoms in total. The van der Waals surface area contributed by atoms with Gasteiger partial charge in [-0.15, -0.1) is 10.2 Å². The predicted octanol–water partition coefficient (Wildman–Crippen LogP) is 2.19. The molecule has 116 valence electrons. The summed E-state index contributed by atoms with van der Waals surface area (Å²) in [6, 6.07) is 14.7. The highest BCUT2D eigenvalue weighted by Gasteiger charge is 2.06. The number of amides is 1. The summed E-state index contributed by atoms with van der Waals surface area (Å²) < 4.78 is 5.46. The molecular formula is C16H15N5O2. The molecule has 0 unspecified atom stereocenters. The number of nitrogens with zero attached hydrogens (tertiary/aromatic N) is 3. The van der Waals surface area contributed by atoms with Gasteiger partial charge in [0.2, 0.25) is 5.82 Å². The van der Waals surface area contributed by atoms with E-state index >= 15 is 0 Å². The van der Waals surface area contributed by atoms with E-state index < -0.39 is 0 Å².